The molecule has 0 spiro atoms. The minimum Gasteiger partial charge on any atom is -0.466 e. The third kappa shape index (κ3) is 59.8. The van der Waals surface area contributed by atoms with E-state index in [0.29, 0.717) is 25.9 Å². The van der Waals surface area contributed by atoms with Crippen LogP contribution in [0.3, 0.4) is 0 Å². The van der Waals surface area contributed by atoms with Gasteiger partial charge in [-0.2, -0.15) is 0 Å². The highest BCUT2D eigenvalue weighted by molar-refractivity contribution is 5.76. The van der Waals surface area contributed by atoms with E-state index < -0.39 is 12.1 Å². The Morgan fingerprint density at radius 3 is 0.959 bits per heavy atom. The van der Waals surface area contributed by atoms with Crippen molar-refractivity contribution in [1.29, 1.82) is 0 Å². The SMILES string of the molecule is CCCCCCCCCCCCCCCCCCCCCCC(O)C(CO)NC(=O)CCCCCCC/C=C\CCCCCCCCCCCOC(=O)CCCCCCCCCCCCCCCCCCCCC. The first-order valence-corrected chi connectivity index (χ1v) is 33.9. The number of carbonyl (C=O) groups is 2. The molecule has 0 saturated carbocycles. The van der Waals surface area contributed by atoms with Crippen LogP contribution >= 0.6 is 0 Å². The van der Waals surface area contributed by atoms with Crippen LogP contribution in [0.1, 0.15) is 386 Å². The Hall–Kier alpha value is -1.40. The summed E-state index contributed by atoms with van der Waals surface area (Å²) in [7, 11) is 0. The topological polar surface area (TPSA) is 95.9 Å². The first-order valence-electron chi connectivity index (χ1n) is 33.9. The molecule has 0 rings (SSSR count). The highest BCUT2D eigenvalue weighted by atomic mass is 16.5. The Balaban J connectivity index is 3.41. The molecular formula is C68H133NO5. The summed E-state index contributed by atoms with van der Waals surface area (Å²) in [6.45, 7) is 4.98. The molecule has 0 aromatic carbocycles. The smallest absolute Gasteiger partial charge is 0.305 e. The summed E-state index contributed by atoms with van der Waals surface area (Å²) in [6.07, 6.45) is 78.1. The molecule has 440 valence electrons. The summed E-state index contributed by atoms with van der Waals surface area (Å²) in [5, 5.41) is 23.4. The van der Waals surface area contributed by atoms with Crippen molar-refractivity contribution >= 4 is 11.9 Å². The molecule has 3 N–H and O–H groups in total. The second-order valence-corrected chi connectivity index (χ2v) is 23.5. The lowest BCUT2D eigenvalue weighted by molar-refractivity contribution is -0.143. The number of hydrogen-bond donors (Lipinski definition) is 3. The molecule has 2 unspecified atom stereocenters. The zero-order valence-corrected chi connectivity index (χ0v) is 50.4. The molecule has 0 fully saturated rings. The maximum Gasteiger partial charge on any atom is 0.305 e. The average molecular weight is 1040 g/mol. The van der Waals surface area contributed by atoms with E-state index in [1.807, 2.05) is 0 Å². The van der Waals surface area contributed by atoms with Crippen LogP contribution < -0.4 is 5.32 Å². The van der Waals surface area contributed by atoms with E-state index in [1.165, 1.54) is 302 Å². The predicted molar refractivity (Wildman–Crippen MR) is 324 cm³/mol. The van der Waals surface area contributed by atoms with Gasteiger partial charge in [0.15, 0.2) is 0 Å². The number of unbranched alkanes of at least 4 members (excludes halogenated alkanes) is 51. The molecule has 0 aromatic heterocycles. The Kier molecular flexibility index (Phi) is 62.9. The van der Waals surface area contributed by atoms with Gasteiger partial charge < -0.3 is 20.3 Å². The zero-order valence-electron chi connectivity index (χ0n) is 50.4. The second-order valence-electron chi connectivity index (χ2n) is 23.5. The van der Waals surface area contributed by atoms with Gasteiger partial charge in [-0.3, -0.25) is 9.59 Å². The van der Waals surface area contributed by atoms with E-state index >= 15 is 0 Å². The number of nitrogens with one attached hydrogen (secondary N) is 1. The van der Waals surface area contributed by atoms with E-state index in [1.54, 1.807) is 0 Å². The third-order valence-electron chi connectivity index (χ3n) is 16.1. The number of aliphatic hydroxyl groups is 2. The standard InChI is InChI=1S/C68H133NO5/c1-3-5-7-9-11-13-15-17-19-21-23-25-28-32-36-40-44-48-52-56-60-66(71)65(64-70)69-67(72)61-57-53-49-45-41-37-33-29-26-27-31-35-39-43-47-51-55-59-63-74-68(73)62-58-54-50-46-42-38-34-30-24-22-20-18-16-14-12-10-8-6-4-2/h29,33,65-66,70-71H,3-28,30-32,34-64H2,1-2H3,(H,69,72)/b33-29-. The molecule has 6 heteroatoms. The Bertz CT molecular complexity index is 1110. The molecule has 2 atom stereocenters. The van der Waals surface area contributed by atoms with Crippen LogP contribution in [-0.2, 0) is 14.3 Å². The van der Waals surface area contributed by atoms with Crippen molar-refractivity contribution in [3.63, 3.8) is 0 Å². The van der Waals surface area contributed by atoms with E-state index in [-0.39, 0.29) is 18.5 Å². The summed E-state index contributed by atoms with van der Waals surface area (Å²) in [6, 6.07) is -0.552. The maximum absolute atomic E-state index is 12.5. The lowest BCUT2D eigenvalue weighted by atomic mass is 10.0. The number of amides is 1. The average Bonchev–Trinajstić information content (AvgIpc) is 3.40. The van der Waals surface area contributed by atoms with Gasteiger partial charge in [-0.15, -0.1) is 0 Å². The molecule has 0 saturated heterocycles. The zero-order chi connectivity index (χ0) is 53.6. The fraction of sp³-hybridized carbons (Fsp3) is 0.941. The van der Waals surface area contributed by atoms with Crippen LogP contribution in [0.5, 0.6) is 0 Å². The highest BCUT2D eigenvalue weighted by Crippen LogP contribution is 2.19. The lowest BCUT2D eigenvalue weighted by Gasteiger charge is -2.22. The van der Waals surface area contributed by atoms with Crippen LogP contribution in [-0.4, -0.2) is 47.4 Å². The molecule has 74 heavy (non-hydrogen) atoms. The molecule has 0 aliphatic heterocycles. The monoisotopic (exact) mass is 1040 g/mol. The molecular weight excluding hydrogens is 911 g/mol. The second kappa shape index (κ2) is 64.1. The molecule has 6 nitrogen and oxygen atoms in total. The van der Waals surface area contributed by atoms with Gasteiger partial charge in [-0.25, -0.2) is 0 Å². The van der Waals surface area contributed by atoms with E-state index in [4.69, 9.17) is 4.74 Å². The minimum absolute atomic E-state index is 0.00901. The Morgan fingerprint density at radius 1 is 0.365 bits per heavy atom. The summed E-state index contributed by atoms with van der Waals surface area (Å²) in [5.41, 5.74) is 0. The van der Waals surface area contributed by atoms with Crippen LogP contribution in [0.15, 0.2) is 12.2 Å². The van der Waals surface area contributed by atoms with E-state index in [0.717, 1.165) is 51.4 Å². The molecule has 0 aromatic rings. The van der Waals surface area contributed by atoms with Gasteiger partial charge >= 0.3 is 5.97 Å². The fourth-order valence-electron chi connectivity index (χ4n) is 10.9. The first kappa shape index (κ1) is 72.6. The fourth-order valence-corrected chi connectivity index (χ4v) is 10.9. The third-order valence-corrected chi connectivity index (χ3v) is 16.1. The Labute approximate surface area is 463 Å². The molecule has 0 heterocycles. The van der Waals surface area contributed by atoms with Crippen molar-refractivity contribution in [2.75, 3.05) is 13.2 Å². The molecule has 0 radical (unpaired) electrons. The van der Waals surface area contributed by atoms with Crippen molar-refractivity contribution in [2.45, 2.75) is 398 Å². The summed E-state index contributed by atoms with van der Waals surface area (Å²) >= 11 is 0. The van der Waals surface area contributed by atoms with Crippen molar-refractivity contribution in [3.8, 4) is 0 Å². The number of rotatable bonds is 64. The van der Waals surface area contributed by atoms with Crippen molar-refractivity contribution in [2.24, 2.45) is 0 Å². The van der Waals surface area contributed by atoms with Crippen LogP contribution in [0, 0.1) is 0 Å². The van der Waals surface area contributed by atoms with Gasteiger partial charge in [0.1, 0.15) is 0 Å². The van der Waals surface area contributed by atoms with Crippen LogP contribution in [0.4, 0.5) is 0 Å². The van der Waals surface area contributed by atoms with Gasteiger partial charge in [0.2, 0.25) is 5.91 Å². The largest absolute Gasteiger partial charge is 0.466 e. The predicted octanol–water partition coefficient (Wildman–Crippen LogP) is 21.6. The number of carbonyl (C=O) groups excluding carboxylic acids is 2. The molecule has 0 aliphatic rings. The van der Waals surface area contributed by atoms with Gasteiger partial charge in [0, 0.05) is 12.8 Å². The van der Waals surface area contributed by atoms with Crippen molar-refractivity contribution in [1.82, 2.24) is 5.32 Å². The Morgan fingerprint density at radius 2 is 0.635 bits per heavy atom. The first-order chi connectivity index (χ1) is 36.5. The van der Waals surface area contributed by atoms with Gasteiger partial charge in [0.25, 0.3) is 0 Å². The number of hydrogen-bond acceptors (Lipinski definition) is 5. The summed E-state index contributed by atoms with van der Waals surface area (Å²) in [4.78, 5) is 24.6. The van der Waals surface area contributed by atoms with Crippen LogP contribution in [0.25, 0.3) is 0 Å². The maximum atomic E-state index is 12.5. The van der Waals surface area contributed by atoms with Crippen molar-refractivity contribution < 1.29 is 24.5 Å². The highest BCUT2D eigenvalue weighted by Gasteiger charge is 2.20. The number of ether oxygens (including phenoxy) is 1. The van der Waals surface area contributed by atoms with E-state index in [9.17, 15) is 19.8 Å². The number of allylic oxidation sites excluding steroid dienone is 2. The quantitative estimate of drug-likeness (QED) is 0.0320. The lowest BCUT2D eigenvalue weighted by Crippen LogP contribution is -2.45. The van der Waals surface area contributed by atoms with Gasteiger partial charge in [-0.1, -0.05) is 334 Å². The van der Waals surface area contributed by atoms with Gasteiger partial charge in [0.05, 0.1) is 25.4 Å². The van der Waals surface area contributed by atoms with E-state index in [2.05, 4.69) is 31.3 Å². The molecule has 0 aliphatic carbocycles. The molecule has 1 amide bonds. The number of aliphatic hydroxyl groups excluding tert-OH is 2. The number of esters is 1. The van der Waals surface area contributed by atoms with Crippen molar-refractivity contribution in [3.05, 3.63) is 12.2 Å². The summed E-state index contributed by atoms with van der Waals surface area (Å²) in [5.74, 6) is -0.0359. The van der Waals surface area contributed by atoms with Gasteiger partial charge in [-0.05, 0) is 51.4 Å². The molecule has 0 bridgehead atoms. The van der Waals surface area contributed by atoms with Crippen LogP contribution in [0.2, 0.25) is 0 Å². The minimum atomic E-state index is -0.673. The summed E-state index contributed by atoms with van der Waals surface area (Å²) < 4.78 is 5.50. The normalized spacial score (nSPS) is 12.5.